The van der Waals surface area contributed by atoms with E-state index in [0.717, 1.165) is 5.39 Å². The molecule has 0 bridgehead atoms. The van der Waals surface area contributed by atoms with E-state index in [1.54, 1.807) is 24.4 Å². The summed E-state index contributed by atoms with van der Waals surface area (Å²) in [5.41, 5.74) is 1.42. The average Bonchev–Trinajstić information content (AvgIpc) is 2.47. The number of nitrogens with zero attached hydrogens (tertiary/aromatic N) is 2. The van der Waals surface area contributed by atoms with E-state index >= 15 is 0 Å². The molecule has 0 fully saturated rings. The second-order valence-corrected chi connectivity index (χ2v) is 5.21. The molecule has 1 N–H and O–H groups in total. The molecular weight excluding hydrogens is 309 g/mol. The van der Waals surface area contributed by atoms with Crippen molar-refractivity contribution >= 4 is 45.7 Å². The predicted molar refractivity (Wildman–Crippen MR) is 84.0 cm³/mol. The van der Waals surface area contributed by atoms with Crippen molar-refractivity contribution in [2.24, 2.45) is 0 Å². The van der Waals surface area contributed by atoms with Gasteiger partial charge in [0.05, 0.1) is 11.2 Å². The minimum atomic E-state index is -0.369. The fraction of sp³-hybridized carbons (Fsp3) is 0. The van der Waals surface area contributed by atoms with Crippen LogP contribution in [0.4, 0.5) is 5.69 Å². The van der Waals surface area contributed by atoms with Gasteiger partial charge in [-0.25, -0.2) is 0 Å². The van der Waals surface area contributed by atoms with E-state index in [2.05, 4.69) is 15.3 Å². The van der Waals surface area contributed by atoms with E-state index < -0.39 is 0 Å². The minimum Gasteiger partial charge on any atom is -0.319 e. The highest BCUT2D eigenvalue weighted by Crippen LogP contribution is 2.26. The van der Waals surface area contributed by atoms with E-state index in [1.165, 1.54) is 12.3 Å². The van der Waals surface area contributed by atoms with Crippen LogP contribution in [-0.2, 0) is 0 Å². The third-order valence-electron chi connectivity index (χ3n) is 2.87. The molecule has 1 amide bonds. The number of nitrogens with one attached hydrogen (secondary N) is 1. The van der Waals surface area contributed by atoms with Gasteiger partial charge < -0.3 is 5.32 Å². The Morgan fingerprint density at radius 2 is 1.86 bits per heavy atom. The van der Waals surface area contributed by atoms with Crippen LogP contribution in [0.5, 0.6) is 0 Å². The van der Waals surface area contributed by atoms with Crippen molar-refractivity contribution < 1.29 is 4.79 Å². The van der Waals surface area contributed by atoms with Crippen LogP contribution in [-0.4, -0.2) is 15.9 Å². The molecule has 3 aromatic rings. The number of rotatable bonds is 2. The van der Waals surface area contributed by atoms with Crippen molar-refractivity contribution in [1.29, 1.82) is 0 Å². The van der Waals surface area contributed by atoms with Gasteiger partial charge in [-0.05, 0) is 30.3 Å². The summed E-state index contributed by atoms with van der Waals surface area (Å²) >= 11 is 11.9. The minimum absolute atomic E-state index is 0.228. The quantitative estimate of drug-likeness (QED) is 0.771. The van der Waals surface area contributed by atoms with Crippen molar-refractivity contribution in [3.8, 4) is 0 Å². The fourth-order valence-corrected chi connectivity index (χ4v) is 2.35. The number of aromatic nitrogens is 2. The van der Waals surface area contributed by atoms with Gasteiger partial charge >= 0.3 is 0 Å². The molecule has 4 nitrogen and oxygen atoms in total. The van der Waals surface area contributed by atoms with E-state index in [4.69, 9.17) is 23.2 Å². The van der Waals surface area contributed by atoms with Crippen LogP contribution in [0.15, 0.2) is 48.8 Å². The Bertz CT molecular complexity index is 836. The van der Waals surface area contributed by atoms with Crippen molar-refractivity contribution in [3.63, 3.8) is 0 Å². The van der Waals surface area contributed by atoms with E-state index in [9.17, 15) is 4.79 Å². The monoisotopic (exact) mass is 317 g/mol. The Hall–Kier alpha value is -2.17. The molecule has 2 heterocycles. The summed E-state index contributed by atoms with van der Waals surface area (Å²) in [5, 5.41) is 4.58. The van der Waals surface area contributed by atoms with Crippen LogP contribution in [0.2, 0.25) is 10.0 Å². The van der Waals surface area contributed by atoms with Crippen LogP contribution in [0.1, 0.15) is 10.5 Å². The van der Waals surface area contributed by atoms with Gasteiger partial charge in [0, 0.05) is 27.8 Å². The first-order valence-corrected chi connectivity index (χ1v) is 6.86. The first-order chi connectivity index (χ1) is 10.1. The van der Waals surface area contributed by atoms with Crippen LogP contribution in [0.3, 0.4) is 0 Å². The van der Waals surface area contributed by atoms with Crippen molar-refractivity contribution in [3.05, 3.63) is 64.5 Å². The normalized spacial score (nSPS) is 10.6. The maximum atomic E-state index is 12.2. The lowest BCUT2D eigenvalue weighted by Crippen LogP contribution is -2.14. The smallest absolute Gasteiger partial charge is 0.274 e. The summed E-state index contributed by atoms with van der Waals surface area (Å²) in [4.78, 5) is 20.5. The van der Waals surface area contributed by atoms with Gasteiger partial charge in [-0.2, -0.15) is 0 Å². The summed E-state index contributed by atoms with van der Waals surface area (Å²) in [6.07, 6.45) is 3.13. The Labute approximate surface area is 130 Å². The third-order valence-corrected chi connectivity index (χ3v) is 3.33. The molecule has 0 aliphatic carbocycles. The summed E-state index contributed by atoms with van der Waals surface area (Å²) in [6.45, 7) is 0. The van der Waals surface area contributed by atoms with Gasteiger partial charge in [0.25, 0.3) is 5.91 Å². The summed E-state index contributed by atoms with van der Waals surface area (Å²) in [5.74, 6) is -0.369. The lowest BCUT2D eigenvalue weighted by atomic mass is 10.2. The molecule has 6 heteroatoms. The first kappa shape index (κ1) is 13.8. The molecule has 0 aliphatic heterocycles. The fourth-order valence-electron chi connectivity index (χ4n) is 1.97. The number of carbonyl (C=O) groups is 1. The zero-order chi connectivity index (χ0) is 14.8. The zero-order valence-electron chi connectivity index (χ0n) is 10.7. The first-order valence-electron chi connectivity index (χ1n) is 6.11. The number of carbonyl (C=O) groups excluding carboxylic acids is 1. The molecule has 2 aromatic heterocycles. The van der Waals surface area contributed by atoms with Gasteiger partial charge in [0.1, 0.15) is 5.69 Å². The maximum absolute atomic E-state index is 12.2. The topological polar surface area (TPSA) is 54.9 Å². The summed E-state index contributed by atoms with van der Waals surface area (Å²) in [6, 6.07) is 10.2. The molecule has 0 saturated heterocycles. The number of hydrogen-bond acceptors (Lipinski definition) is 3. The number of pyridine rings is 2. The lowest BCUT2D eigenvalue weighted by molar-refractivity contribution is 0.102. The average molecular weight is 318 g/mol. The molecule has 1 aromatic carbocycles. The van der Waals surface area contributed by atoms with Crippen molar-refractivity contribution in [1.82, 2.24) is 9.97 Å². The second-order valence-electron chi connectivity index (χ2n) is 4.34. The Morgan fingerprint density at radius 3 is 2.67 bits per heavy atom. The molecule has 0 aliphatic rings. The van der Waals surface area contributed by atoms with Crippen molar-refractivity contribution in [2.75, 3.05) is 5.32 Å². The maximum Gasteiger partial charge on any atom is 0.274 e. The van der Waals surface area contributed by atoms with E-state index in [0.29, 0.717) is 21.2 Å². The third kappa shape index (κ3) is 2.96. The molecule has 0 radical (unpaired) electrons. The van der Waals surface area contributed by atoms with Gasteiger partial charge in [-0.15, -0.1) is 0 Å². The highest BCUT2D eigenvalue weighted by atomic mass is 35.5. The Morgan fingerprint density at radius 1 is 1.00 bits per heavy atom. The van der Waals surface area contributed by atoms with Crippen LogP contribution >= 0.6 is 23.2 Å². The molecular formula is C15H9Cl2N3O. The van der Waals surface area contributed by atoms with Gasteiger partial charge in [-0.1, -0.05) is 29.3 Å². The van der Waals surface area contributed by atoms with Crippen LogP contribution in [0, 0.1) is 0 Å². The molecule has 0 spiro atoms. The summed E-state index contributed by atoms with van der Waals surface area (Å²) < 4.78 is 0. The molecule has 0 atom stereocenters. The van der Waals surface area contributed by atoms with Crippen LogP contribution < -0.4 is 5.32 Å². The van der Waals surface area contributed by atoms with Crippen molar-refractivity contribution in [2.45, 2.75) is 0 Å². The lowest BCUT2D eigenvalue weighted by Gasteiger charge is -2.08. The number of benzene rings is 1. The SMILES string of the molecule is O=C(Nc1cc(Cl)cc2cccnc12)c1cc(Cl)ccn1. The number of hydrogen-bond donors (Lipinski definition) is 1. The highest BCUT2D eigenvalue weighted by Gasteiger charge is 2.11. The number of halogens is 2. The van der Waals surface area contributed by atoms with Gasteiger partial charge in [-0.3, -0.25) is 14.8 Å². The molecule has 3 rings (SSSR count). The standard InChI is InChI=1S/C15H9Cl2N3O/c16-10-3-5-18-13(7-10)15(21)20-12-8-11(17)6-9-2-1-4-19-14(9)12/h1-8H,(H,20,21). The number of fused-ring (bicyclic) bond motifs is 1. The highest BCUT2D eigenvalue weighted by molar-refractivity contribution is 6.32. The molecule has 21 heavy (non-hydrogen) atoms. The van der Waals surface area contributed by atoms with Gasteiger partial charge in [0.15, 0.2) is 0 Å². The Kier molecular flexibility index (Phi) is 3.73. The Balaban J connectivity index is 2.00. The zero-order valence-corrected chi connectivity index (χ0v) is 12.2. The molecule has 0 unspecified atom stereocenters. The number of anilines is 1. The summed E-state index contributed by atoms with van der Waals surface area (Å²) in [7, 11) is 0. The molecule has 104 valence electrons. The van der Waals surface area contributed by atoms with E-state index in [1.807, 2.05) is 12.1 Å². The van der Waals surface area contributed by atoms with E-state index in [-0.39, 0.29) is 11.6 Å². The number of amides is 1. The largest absolute Gasteiger partial charge is 0.319 e. The predicted octanol–water partition coefficient (Wildman–Crippen LogP) is 4.19. The van der Waals surface area contributed by atoms with Crippen LogP contribution in [0.25, 0.3) is 10.9 Å². The van der Waals surface area contributed by atoms with Gasteiger partial charge in [0.2, 0.25) is 0 Å². The second kappa shape index (κ2) is 5.68. The molecule has 0 saturated carbocycles.